The van der Waals surface area contributed by atoms with Crippen LogP contribution >= 0.6 is 0 Å². The summed E-state index contributed by atoms with van der Waals surface area (Å²) in [5.74, 6) is 0.393. The Morgan fingerprint density at radius 1 is 1.28 bits per heavy atom. The molecule has 0 saturated carbocycles. The molecule has 0 aromatic heterocycles. The number of methoxy groups -OCH3 is 1. The number of rotatable bonds is 2. The minimum absolute atomic E-state index is 0.0605. The Labute approximate surface area is 145 Å². The Bertz CT molecular complexity index is 878. The molecular weight excluding hydrogens is 319 g/mol. The van der Waals surface area contributed by atoms with Crippen LogP contribution in [0.3, 0.4) is 0 Å². The number of aryl methyl sites for hydroxylation is 1. The molecule has 0 spiro atoms. The summed E-state index contributed by atoms with van der Waals surface area (Å²) in [4.78, 5) is 12.2. The van der Waals surface area contributed by atoms with Gasteiger partial charge in [0.1, 0.15) is 11.6 Å². The number of ether oxygens (including phenoxy) is 1. The van der Waals surface area contributed by atoms with Crippen LogP contribution in [0.2, 0.25) is 0 Å². The molecule has 1 heterocycles. The fraction of sp³-hybridized carbons (Fsp3) is 0.300. The highest BCUT2D eigenvalue weighted by atomic mass is 19.1. The first-order chi connectivity index (χ1) is 12.1. The van der Waals surface area contributed by atoms with Gasteiger partial charge < -0.3 is 4.74 Å². The Morgan fingerprint density at radius 3 is 2.84 bits per heavy atom. The Hall–Kier alpha value is -2.69. The lowest BCUT2D eigenvalue weighted by Gasteiger charge is -2.29. The maximum absolute atomic E-state index is 13.8. The number of carbonyl (C=O) groups is 1. The van der Waals surface area contributed by atoms with E-state index in [1.807, 2.05) is 18.2 Å². The highest BCUT2D eigenvalue weighted by Crippen LogP contribution is 2.44. The normalized spacial score (nSPS) is 21.4. The van der Waals surface area contributed by atoms with E-state index >= 15 is 0 Å². The molecule has 0 radical (unpaired) electrons. The first kappa shape index (κ1) is 15.8. The fourth-order valence-corrected chi connectivity index (χ4v) is 3.90. The van der Waals surface area contributed by atoms with Crippen LogP contribution < -0.4 is 4.74 Å². The lowest BCUT2D eigenvalue weighted by atomic mass is 9.77. The zero-order chi connectivity index (χ0) is 17.6. The van der Waals surface area contributed by atoms with Gasteiger partial charge in [-0.2, -0.15) is 5.10 Å². The van der Waals surface area contributed by atoms with Crippen molar-refractivity contribution >= 4 is 11.6 Å². The van der Waals surface area contributed by atoms with Crippen LogP contribution in [0.1, 0.15) is 36.1 Å². The van der Waals surface area contributed by atoms with Crippen molar-refractivity contribution in [3.05, 3.63) is 65.0 Å². The number of hydrogen-bond acceptors (Lipinski definition) is 3. The van der Waals surface area contributed by atoms with E-state index in [2.05, 4.69) is 11.2 Å². The second kappa shape index (κ2) is 5.99. The molecule has 0 N–H and O–H groups in total. The number of hydrogen-bond donors (Lipinski definition) is 0. The van der Waals surface area contributed by atoms with Crippen LogP contribution in [0.15, 0.2) is 47.6 Å². The van der Waals surface area contributed by atoms with Gasteiger partial charge in [-0.1, -0.05) is 18.2 Å². The number of hydrazone groups is 1. The molecular formula is C20H19FN2O2. The van der Waals surface area contributed by atoms with Gasteiger partial charge in [0.05, 0.1) is 18.9 Å². The zero-order valence-electron chi connectivity index (χ0n) is 14.2. The van der Waals surface area contributed by atoms with Gasteiger partial charge in [-0.3, -0.25) is 4.79 Å². The molecule has 5 heteroatoms. The van der Waals surface area contributed by atoms with Gasteiger partial charge in [0.15, 0.2) is 0 Å². The summed E-state index contributed by atoms with van der Waals surface area (Å²) in [6.07, 6.45) is 1.78. The summed E-state index contributed by atoms with van der Waals surface area (Å²) in [6, 6.07) is 12.2. The standard InChI is InChI=1S/C20H19FN2O2/c1-12(24)23-20(14-4-3-5-15(21)10-14)17-9-7-13-6-8-16(25-2)11-18(13)19(17)22-23/h3-6,8,10-11,17,20H,7,9H2,1-2H3/t17-,20-/m0/s1. The fourth-order valence-electron chi connectivity index (χ4n) is 3.90. The van der Waals surface area contributed by atoms with Crippen LogP contribution in [-0.4, -0.2) is 23.7 Å². The summed E-state index contributed by atoms with van der Waals surface area (Å²) in [7, 11) is 1.63. The largest absolute Gasteiger partial charge is 0.497 e. The molecule has 0 bridgehead atoms. The van der Waals surface area contributed by atoms with Crippen LogP contribution in [0.5, 0.6) is 5.75 Å². The van der Waals surface area contributed by atoms with Crippen molar-refractivity contribution in [3.8, 4) is 5.75 Å². The topological polar surface area (TPSA) is 41.9 Å². The minimum atomic E-state index is -0.299. The van der Waals surface area contributed by atoms with Gasteiger partial charge in [-0.25, -0.2) is 9.40 Å². The smallest absolute Gasteiger partial charge is 0.240 e. The summed E-state index contributed by atoms with van der Waals surface area (Å²) >= 11 is 0. The maximum atomic E-state index is 13.8. The summed E-state index contributed by atoms with van der Waals surface area (Å²) in [5.41, 5.74) is 3.91. The first-order valence-corrected chi connectivity index (χ1v) is 8.39. The average molecular weight is 338 g/mol. The van der Waals surface area contributed by atoms with Crippen LogP contribution in [0.25, 0.3) is 0 Å². The number of fused-ring (bicyclic) bond motifs is 3. The van der Waals surface area contributed by atoms with Gasteiger partial charge in [-0.05, 0) is 48.2 Å². The first-order valence-electron chi connectivity index (χ1n) is 8.39. The predicted molar refractivity (Wildman–Crippen MR) is 93.0 cm³/mol. The van der Waals surface area contributed by atoms with Crippen molar-refractivity contribution in [3.63, 3.8) is 0 Å². The Balaban J connectivity index is 1.82. The quantitative estimate of drug-likeness (QED) is 0.838. The monoisotopic (exact) mass is 338 g/mol. The van der Waals surface area contributed by atoms with Crippen LogP contribution in [-0.2, 0) is 11.2 Å². The molecule has 4 rings (SSSR count). The summed E-state index contributed by atoms with van der Waals surface area (Å²) < 4.78 is 19.1. The van der Waals surface area contributed by atoms with E-state index < -0.39 is 0 Å². The van der Waals surface area contributed by atoms with Crippen LogP contribution in [0, 0.1) is 11.7 Å². The molecule has 128 valence electrons. The molecule has 0 saturated heterocycles. The summed E-state index contributed by atoms with van der Waals surface area (Å²) in [6.45, 7) is 1.50. The number of carbonyl (C=O) groups excluding carboxylic acids is 1. The van der Waals surface area contributed by atoms with Gasteiger partial charge in [-0.15, -0.1) is 0 Å². The third-order valence-corrected chi connectivity index (χ3v) is 5.04. The molecule has 1 aliphatic carbocycles. The number of halogens is 1. The van der Waals surface area contributed by atoms with Gasteiger partial charge in [0, 0.05) is 18.4 Å². The number of benzene rings is 2. The second-order valence-electron chi connectivity index (χ2n) is 6.52. The van der Waals surface area contributed by atoms with E-state index in [1.54, 1.807) is 13.2 Å². The van der Waals surface area contributed by atoms with E-state index in [9.17, 15) is 9.18 Å². The van der Waals surface area contributed by atoms with Crippen molar-refractivity contribution in [2.75, 3.05) is 7.11 Å². The zero-order valence-corrected chi connectivity index (χ0v) is 14.2. The third-order valence-electron chi connectivity index (χ3n) is 5.04. The van der Waals surface area contributed by atoms with Crippen molar-refractivity contribution in [1.82, 2.24) is 5.01 Å². The SMILES string of the molecule is COc1ccc2c(c1)C1=NN(C(C)=O)[C@@H](c3cccc(F)c3)[C@H]1CC2. The van der Waals surface area contributed by atoms with Crippen molar-refractivity contribution in [1.29, 1.82) is 0 Å². The molecule has 0 unspecified atom stereocenters. The van der Waals surface area contributed by atoms with Crippen molar-refractivity contribution < 1.29 is 13.9 Å². The van der Waals surface area contributed by atoms with Crippen LogP contribution in [0.4, 0.5) is 4.39 Å². The van der Waals surface area contributed by atoms with E-state index in [0.717, 1.165) is 35.4 Å². The van der Waals surface area contributed by atoms with Crippen molar-refractivity contribution in [2.24, 2.45) is 11.0 Å². The van der Waals surface area contributed by atoms with E-state index in [-0.39, 0.29) is 23.7 Å². The molecule has 0 fully saturated rings. The van der Waals surface area contributed by atoms with E-state index in [0.29, 0.717) is 0 Å². The molecule has 2 atom stereocenters. The average Bonchev–Trinajstić information content (AvgIpc) is 3.01. The Morgan fingerprint density at radius 2 is 2.12 bits per heavy atom. The second-order valence-corrected chi connectivity index (χ2v) is 6.52. The molecule has 2 aromatic rings. The maximum Gasteiger partial charge on any atom is 0.240 e. The van der Waals surface area contributed by atoms with Crippen molar-refractivity contribution in [2.45, 2.75) is 25.8 Å². The number of nitrogens with zero attached hydrogens (tertiary/aromatic N) is 2. The van der Waals surface area contributed by atoms with Gasteiger partial charge in [0.25, 0.3) is 0 Å². The molecule has 1 amide bonds. The molecule has 2 aromatic carbocycles. The van der Waals surface area contributed by atoms with Gasteiger partial charge in [0.2, 0.25) is 5.91 Å². The number of amides is 1. The predicted octanol–water partition coefficient (Wildman–Crippen LogP) is 3.70. The highest BCUT2D eigenvalue weighted by molar-refractivity contribution is 6.07. The molecule has 2 aliphatic rings. The van der Waals surface area contributed by atoms with E-state index in [1.165, 1.54) is 29.6 Å². The highest BCUT2D eigenvalue weighted by Gasteiger charge is 2.43. The lowest BCUT2D eigenvalue weighted by molar-refractivity contribution is -0.131. The minimum Gasteiger partial charge on any atom is -0.497 e. The molecule has 25 heavy (non-hydrogen) atoms. The summed E-state index contributed by atoms with van der Waals surface area (Å²) in [5, 5.41) is 6.14. The molecule has 4 nitrogen and oxygen atoms in total. The third kappa shape index (κ3) is 2.60. The molecule has 1 aliphatic heterocycles. The van der Waals surface area contributed by atoms with Gasteiger partial charge >= 0.3 is 0 Å². The Kier molecular flexibility index (Phi) is 3.79. The lowest BCUT2D eigenvalue weighted by Crippen LogP contribution is -2.31. The van der Waals surface area contributed by atoms with E-state index in [4.69, 9.17) is 4.74 Å².